The molecule has 2 N–H and O–H groups in total. The zero-order valence-electron chi connectivity index (χ0n) is 5.83. The van der Waals surface area contributed by atoms with Gasteiger partial charge in [-0.15, -0.1) is 0 Å². The van der Waals surface area contributed by atoms with Gasteiger partial charge in [-0.3, -0.25) is 0 Å². The van der Waals surface area contributed by atoms with E-state index >= 15 is 0 Å². The average Bonchev–Trinajstić information content (AvgIpc) is 1.80. The maximum atomic E-state index is 5.67. The molecule has 1 rings (SSSR count). The fourth-order valence-electron chi connectivity index (χ4n) is 0.777. The van der Waals surface area contributed by atoms with Crippen molar-refractivity contribution in [2.45, 2.75) is 13.1 Å². The number of nitrogens with two attached hydrogens (primary N) is 1. The lowest BCUT2D eigenvalue weighted by Gasteiger charge is -2.23. The molecule has 0 aromatic rings. The molecule has 0 radical (unpaired) electrons. The molecule has 1 atom stereocenters. The van der Waals surface area contributed by atoms with E-state index in [0.717, 1.165) is 0 Å². The predicted octanol–water partition coefficient (Wildman–Crippen LogP) is 0.677. The van der Waals surface area contributed by atoms with E-state index in [-0.39, 0.29) is 6.17 Å². The molecule has 0 bridgehead atoms. The van der Waals surface area contributed by atoms with Gasteiger partial charge >= 0.3 is 0 Å². The van der Waals surface area contributed by atoms with E-state index < -0.39 is 0 Å². The number of allylic oxidation sites excluding steroid dienone is 2. The highest BCUT2D eigenvalue weighted by molar-refractivity contribution is 5.21. The highest BCUT2D eigenvalue weighted by Gasteiger charge is 2.04. The molecule has 0 fully saturated rings. The smallest absolute Gasteiger partial charge is 0.0959 e. The molecule has 1 aliphatic heterocycles. The van der Waals surface area contributed by atoms with Crippen LogP contribution < -0.4 is 5.73 Å². The Morgan fingerprint density at radius 1 is 1.67 bits per heavy atom. The lowest BCUT2D eigenvalue weighted by molar-refractivity contribution is 0.386. The number of nitrogens with zero attached hydrogens (tertiary/aromatic N) is 1. The second kappa shape index (κ2) is 2.23. The summed E-state index contributed by atoms with van der Waals surface area (Å²) in [5.74, 6) is 0. The molecular formula is C7H12N2. The van der Waals surface area contributed by atoms with E-state index in [9.17, 15) is 0 Å². The van der Waals surface area contributed by atoms with Crippen LogP contribution in [0.5, 0.6) is 0 Å². The first-order valence-electron chi connectivity index (χ1n) is 3.04. The van der Waals surface area contributed by atoms with Gasteiger partial charge in [0.15, 0.2) is 0 Å². The molecule has 50 valence electrons. The summed E-state index contributed by atoms with van der Waals surface area (Å²) < 4.78 is 0. The molecule has 0 saturated heterocycles. The van der Waals surface area contributed by atoms with Gasteiger partial charge < -0.3 is 10.6 Å². The Kier molecular flexibility index (Phi) is 1.58. The SMILES string of the molecule is CC1=CC(N)N(C)C=C1. The zero-order valence-corrected chi connectivity index (χ0v) is 5.83. The van der Waals surface area contributed by atoms with Crippen LogP contribution in [0.1, 0.15) is 6.92 Å². The van der Waals surface area contributed by atoms with Crippen molar-refractivity contribution < 1.29 is 0 Å². The zero-order chi connectivity index (χ0) is 6.85. The predicted molar refractivity (Wildman–Crippen MR) is 38.6 cm³/mol. The van der Waals surface area contributed by atoms with Gasteiger partial charge in [-0.05, 0) is 19.1 Å². The first kappa shape index (κ1) is 6.36. The summed E-state index contributed by atoms with van der Waals surface area (Å²) in [6.07, 6.45) is 6.12. The minimum absolute atomic E-state index is 0.0648. The summed E-state index contributed by atoms with van der Waals surface area (Å²) in [5.41, 5.74) is 6.90. The Morgan fingerprint density at radius 2 is 2.33 bits per heavy atom. The molecule has 0 saturated carbocycles. The van der Waals surface area contributed by atoms with Crippen LogP contribution in [0, 0.1) is 0 Å². The van der Waals surface area contributed by atoms with Gasteiger partial charge in [-0.2, -0.15) is 0 Å². The van der Waals surface area contributed by atoms with Crippen LogP contribution in [0.15, 0.2) is 23.9 Å². The van der Waals surface area contributed by atoms with E-state index in [1.165, 1.54) is 5.57 Å². The van der Waals surface area contributed by atoms with Gasteiger partial charge in [0.2, 0.25) is 0 Å². The van der Waals surface area contributed by atoms with Crippen LogP contribution in [0.3, 0.4) is 0 Å². The van der Waals surface area contributed by atoms with Crippen molar-refractivity contribution >= 4 is 0 Å². The first-order valence-corrected chi connectivity index (χ1v) is 3.04. The molecule has 1 heterocycles. The quantitative estimate of drug-likeness (QED) is 0.514. The van der Waals surface area contributed by atoms with Crippen LogP contribution >= 0.6 is 0 Å². The molecule has 9 heavy (non-hydrogen) atoms. The van der Waals surface area contributed by atoms with E-state index in [4.69, 9.17) is 5.73 Å². The van der Waals surface area contributed by atoms with Crippen molar-refractivity contribution in [1.82, 2.24) is 4.90 Å². The first-order chi connectivity index (χ1) is 4.20. The van der Waals surface area contributed by atoms with Crippen LogP contribution in [0.25, 0.3) is 0 Å². The molecule has 2 nitrogen and oxygen atoms in total. The topological polar surface area (TPSA) is 29.3 Å². The number of hydrogen-bond donors (Lipinski definition) is 1. The van der Waals surface area contributed by atoms with Gasteiger partial charge in [0.05, 0.1) is 6.17 Å². The Hall–Kier alpha value is -0.760. The third-order valence-corrected chi connectivity index (χ3v) is 1.48. The monoisotopic (exact) mass is 124 g/mol. The van der Waals surface area contributed by atoms with Crippen molar-refractivity contribution in [2.75, 3.05) is 7.05 Å². The molecule has 0 spiro atoms. The normalized spacial score (nSPS) is 26.3. The van der Waals surface area contributed by atoms with Crippen molar-refractivity contribution in [3.63, 3.8) is 0 Å². The maximum absolute atomic E-state index is 5.67. The number of hydrogen-bond acceptors (Lipinski definition) is 2. The third kappa shape index (κ3) is 1.33. The number of likely N-dealkylation sites (N-methyl/N-ethyl adjacent to an activating group) is 1. The van der Waals surface area contributed by atoms with E-state index in [1.807, 2.05) is 37.2 Å². The van der Waals surface area contributed by atoms with Gasteiger partial charge in [0, 0.05) is 13.2 Å². The highest BCUT2D eigenvalue weighted by atomic mass is 15.2. The maximum Gasteiger partial charge on any atom is 0.0959 e. The summed E-state index contributed by atoms with van der Waals surface area (Å²) in [4.78, 5) is 1.97. The average molecular weight is 124 g/mol. The molecule has 0 aliphatic carbocycles. The van der Waals surface area contributed by atoms with Crippen molar-refractivity contribution in [3.05, 3.63) is 23.9 Å². The van der Waals surface area contributed by atoms with Crippen LogP contribution in [-0.2, 0) is 0 Å². The second-order valence-electron chi connectivity index (χ2n) is 2.38. The van der Waals surface area contributed by atoms with Crippen LogP contribution in [-0.4, -0.2) is 18.1 Å². The molecule has 1 aliphatic rings. The summed E-state index contributed by atoms with van der Waals surface area (Å²) in [6.45, 7) is 2.04. The Labute approximate surface area is 55.6 Å². The molecular weight excluding hydrogens is 112 g/mol. The highest BCUT2D eigenvalue weighted by Crippen LogP contribution is 2.06. The lowest BCUT2D eigenvalue weighted by Crippen LogP contribution is -2.35. The fourth-order valence-corrected chi connectivity index (χ4v) is 0.777. The minimum Gasteiger partial charge on any atom is -0.362 e. The fraction of sp³-hybridized carbons (Fsp3) is 0.429. The Morgan fingerprint density at radius 3 is 2.78 bits per heavy atom. The summed E-state index contributed by atoms with van der Waals surface area (Å²) in [6, 6.07) is 0. The molecule has 1 unspecified atom stereocenters. The van der Waals surface area contributed by atoms with Crippen LogP contribution in [0.2, 0.25) is 0 Å². The largest absolute Gasteiger partial charge is 0.362 e. The van der Waals surface area contributed by atoms with Crippen molar-refractivity contribution in [3.8, 4) is 0 Å². The van der Waals surface area contributed by atoms with E-state index in [2.05, 4.69) is 0 Å². The Bertz CT molecular complexity index is 158. The summed E-state index contributed by atoms with van der Waals surface area (Å²) >= 11 is 0. The summed E-state index contributed by atoms with van der Waals surface area (Å²) in [7, 11) is 1.96. The standard InChI is InChI=1S/C7H12N2/c1-6-3-4-9(2)7(8)5-6/h3-5,7H,8H2,1-2H3. The second-order valence-corrected chi connectivity index (χ2v) is 2.38. The van der Waals surface area contributed by atoms with Crippen molar-refractivity contribution in [2.24, 2.45) is 5.73 Å². The van der Waals surface area contributed by atoms with Crippen LogP contribution in [0.4, 0.5) is 0 Å². The third-order valence-electron chi connectivity index (χ3n) is 1.48. The van der Waals surface area contributed by atoms with Crippen molar-refractivity contribution in [1.29, 1.82) is 0 Å². The summed E-state index contributed by atoms with van der Waals surface area (Å²) in [5, 5.41) is 0. The Balaban J connectivity index is 2.70. The molecule has 2 heteroatoms. The van der Waals surface area contributed by atoms with Gasteiger partial charge in [-0.1, -0.05) is 5.57 Å². The van der Waals surface area contributed by atoms with Gasteiger partial charge in [-0.25, -0.2) is 0 Å². The van der Waals surface area contributed by atoms with Gasteiger partial charge in [0.1, 0.15) is 0 Å². The minimum atomic E-state index is 0.0648. The molecule has 0 aromatic carbocycles. The molecule has 0 amide bonds. The molecule has 0 aromatic heterocycles. The number of rotatable bonds is 0. The van der Waals surface area contributed by atoms with E-state index in [0.29, 0.717) is 0 Å². The lowest BCUT2D eigenvalue weighted by atomic mass is 10.2. The van der Waals surface area contributed by atoms with E-state index in [1.54, 1.807) is 0 Å². The van der Waals surface area contributed by atoms with Gasteiger partial charge in [0.25, 0.3) is 0 Å².